The second-order valence-corrected chi connectivity index (χ2v) is 5.87. The number of aliphatic hydroxyl groups is 3. The van der Waals surface area contributed by atoms with Gasteiger partial charge in [0.1, 0.15) is 18.3 Å². The lowest BCUT2D eigenvalue weighted by molar-refractivity contribution is -0.270. The van der Waals surface area contributed by atoms with Crippen LogP contribution in [0.5, 0.6) is 0 Å². The highest BCUT2D eigenvalue weighted by atomic mass is 16.7. The van der Waals surface area contributed by atoms with Crippen molar-refractivity contribution in [2.45, 2.75) is 64.6 Å². The monoisotopic (exact) mass is 288 g/mol. The maximum Gasteiger partial charge on any atom is 0.186 e. The number of hydrogen-bond acceptors (Lipinski definition) is 5. The summed E-state index contributed by atoms with van der Waals surface area (Å²) in [5.41, 5.74) is 1.33. The topological polar surface area (TPSA) is 79.2 Å². The highest BCUT2D eigenvalue weighted by Gasteiger charge is 2.38. The van der Waals surface area contributed by atoms with E-state index in [9.17, 15) is 15.3 Å². The zero-order valence-corrected chi connectivity index (χ0v) is 12.7. The van der Waals surface area contributed by atoms with Crippen molar-refractivity contribution in [3.05, 3.63) is 11.6 Å². The molecule has 1 saturated heterocycles. The average Bonchev–Trinajstić information content (AvgIpc) is 2.38. The first-order valence-corrected chi connectivity index (χ1v) is 7.32. The van der Waals surface area contributed by atoms with Gasteiger partial charge in [-0.25, -0.2) is 0 Å². The minimum Gasteiger partial charge on any atom is -0.388 e. The van der Waals surface area contributed by atoms with Crippen molar-refractivity contribution in [3.8, 4) is 0 Å². The number of aliphatic hydroxyl groups excluding tert-OH is 3. The van der Waals surface area contributed by atoms with E-state index in [0.29, 0.717) is 12.5 Å². The fourth-order valence-electron chi connectivity index (χ4n) is 2.11. The van der Waals surface area contributed by atoms with Crippen molar-refractivity contribution in [3.63, 3.8) is 0 Å². The predicted molar refractivity (Wildman–Crippen MR) is 76.2 cm³/mol. The van der Waals surface area contributed by atoms with E-state index in [4.69, 9.17) is 9.47 Å². The van der Waals surface area contributed by atoms with Crippen LogP contribution < -0.4 is 0 Å². The van der Waals surface area contributed by atoms with Gasteiger partial charge in [0.2, 0.25) is 0 Å². The van der Waals surface area contributed by atoms with Gasteiger partial charge in [0.25, 0.3) is 0 Å². The van der Waals surface area contributed by atoms with Crippen LogP contribution >= 0.6 is 0 Å². The molecule has 5 atom stereocenters. The molecule has 1 rings (SSSR count). The molecule has 0 aromatic carbocycles. The van der Waals surface area contributed by atoms with Crippen LogP contribution in [0.15, 0.2) is 11.6 Å². The Hall–Kier alpha value is -0.460. The number of rotatable bonds is 7. The first kappa shape index (κ1) is 17.6. The number of hydrogen-bond donors (Lipinski definition) is 3. The molecule has 0 spiro atoms. The average molecular weight is 288 g/mol. The SMILES string of the molecule is CC(C)=CCC[C@@H](C)CCO[C@H]1OC[C@@H](O)[C@H](O)[C@H]1O. The zero-order valence-electron chi connectivity index (χ0n) is 12.7. The van der Waals surface area contributed by atoms with Gasteiger partial charge in [-0.1, -0.05) is 18.6 Å². The van der Waals surface area contributed by atoms with Crippen LogP contribution in [0.3, 0.4) is 0 Å². The van der Waals surface area contributed by atoms with Crippen molar-refractivity contribution in [1.82, 2.24) is 0 Å². The molecule has 0 radical (unpaired) electrons. The van der Waals surface area contributed by atoms with Gasteiger partial charge >= 0.3 is 0 Å². The Bertz CT molecular complexity index is 301. The largest absolute Gasteiger partial charge is 0.388 e. The summed E-state index contributed by atoms with van der Waals surface area (Å²) in [7, 11) is 0. The predicted octanol–water partition coefficient (Wildman–Crippen LogP) is 1.21. The Morgan fingerprint density at radius 2 is 1.95 bits per heavy atom. The third kappa shape index (κ3) is 5.89. The minimum absolute atomic E-state index is 0.0149. The van der Waals surface area contributed by atoms with Crippen molar-refractivity contribution >= 4 is 0 Å². The third-order valence-corrected chi connectivity index (χ3v) is 3.56. The summed E-state index contributed by atoms with van der Waals surface area (Å²) in [5, 5.41) is 28.6. The molecule has 5 nitrogen and oxygen atoms in total. The lowest BCUT2D eigenvalue weighted by atomic mass is 10.0. The molecule has 0 aromatic heterocycles. The molecule has 5 heteroatoms. The standard InChI is InChI=1S/C15H28O5/c1-10(2)5-4-6-11(3)7-8-19-15-14(18)13(17)12(16)9-20-15/h5,11-18H,4,6-9H2,1-3H3/t11-,12-,13+,14-,15+/m1/s1. The van der Waals surface area contributed by atoms with E-state index in [2.05, 4.69) is 26.8 Å². The first-order valence-electron chi connectivity index (χ1n) is 7.32. The van der Waals surface area contributed by atoms with Gasteiger partial charge in [-0.2, -0.15) is 0 Å². The summed E-state index contributed by atoms with van der Waals surface area (Å²) in [5.74, 6) is 0.529. The summed E-state index contributed by atoms with van der Waals surface area (Å²) in [6, 6.07) is 0. The summed E-state index contributed by atoms with van der Waals surface area (Å²) in [6.45, 7) is 6.81. The molecule has 0 aliphatic carbocycles. The molecule has 0 saturated carbocycles. The zero-order chi connectivity index (χ0) is 15.1. The smallest absolute Gasteiger partial charge is 0.186 e. The normalized spacial score (nSPS) is 31.9. The molecule has 1 heterocycles. The van der Waals surface area contributed by atoms with Crippen molar-refractivity contribution < 1.29 is 24.8 Å². The molecule has 118 valence electrons. The Labute approximate surface area is 121 Å². The summed E-state index contributed by atoms with van der Waals surface area (Å²) in [4.78, 5) is 0. The molecule has 0 bridgehead atoms. The second kappa shape index (κ2) is 8.74. The van der Waals surface area contributed by atoms with E-state index in [1.807, 2.05) is 0 Å². The van der Waals surface area contributed by atoms with Crippen molar-refractivity contribution in [2.75, 3.05) is 13.2 Å². The third-order valence-electron chi connectivity index (χ3n) is 3.56. The molecule has 0 amide bonds. The summed E-state index contributed by atoms with van der Waals surface area (Å²) < 4.78 is 10.6. The van der Waals surface area contributed by atoms with Gasteiger partial charge in [-0.15, -0.1) is 0 Å². The molecular weight excluding hydrogens is 260 g/mol. The van der Waals surface area contributed by atoms with Gasteiger partial charge in [0.15, 0.2) is 6.29 Å². The highest BCUT2D eigenvalue weighted by molar-refractivity contribution is 4.92. The van der Waals surface area contributed by atoms with E-state index in [1.165, 1.54) is 5.57 Å². The quantitative estimate of drug-likeness (QED) is 0.614. The molecule has 1 aliphatic rings. The van der Waals surface area contributed by atoms with Crippen LogP contribution in [0.4, 0.5) is 0 Å². The van der Waals surface area contributed by atoms with E-state index < -0.39 is 24.6 Å². The van der Waals surface area contributed by atoms with Gasteiger partial charge in [-0.05, 0) is 39.0 Å². The van der Waals surface area contributed by atoms with Gasteiger partial charge in [0, 0.05) is 0 Å². The fourth-order valence-corrected chi connectivity index (χ4v) is 2.11. The molecule has 0 unspecified atom stereocenters. The van der Waals surface area contributed by atoms with Crippen molar-refractivity contribution in [2.24, 2.45) is 5.92 Å². The molecule has 3 N–H and O–H groups in total. The molecule has 1 fully saturated rings. The molecule has 0 aromatic rings. The Morgan fingerprint density at radius 1 is 1.25 bits per heavy atom. The van der Waals surface area contributed by atoms with Crippen LogP contribution in [0, 0.1) is 5.92 Å². The molecular formula is C15H28O5. The molecule has 20 heavy (non-hydrogen) atoms. The second-order valence-electron chi connectivity index (χ2n) is 5.87. The van der Waals surface area contributed by atoms with Crippen LogP contribution in [-0.2, 0) is 9.47 Å². The van der Waals surface area contributed by atoms with Gasteiger partial charge < -0.3 is 24.8 Å². The Balaban J connectivity index is 2.18. The van der Waals surface area contributed by atoms with Crippen LogP contribution in [0.2, 0.25) is 0 Å². The van der Waals surface area contributed by atoms with Crippen LogP contribution in [0.25, 0.3) is 0 Å². The summed E-state index contributed by atoms with van der Waals surface area (Å²) in [6.07, 6.45) is 0.973. The Kier molecular flexibility index (Phi) is 7.69. The van der Waals surface area contributed by atoms with Gasteiger partial charge in [-0.3, -0.25) is 0 Å². The van der Waals surface area contributed by atoms with Gasteiger partial charge in [0.05, 0.1) is 13.2 Å². The summed E-state index contributed by atoms with van der Waals surface area (Å²) >= 11 is 0. The van der Waals surface area contributed by atoms with Crippen LogP contribution in [-0.4, -0.2) is 53.1 Å². The maximum atomic E-state index is 9.71. The Morgan fingerprint density at radius 3 is 2.60 bits per heavy atom. The molecule has 1 aliphatic heterocycles. The maximum absolute atomic E-state index is 9.71. The van der Waals surface area contributed by atoms with E-state index in [0.717, 1.165) is 19.3 Å². The van der Waals surface area contributed by atoms with E-state index in [-0.39, 0.29) is 6.61 Å². The number of allylic oxidation sites excluding steroid dienone is 2. The van der Waals surface area contributed by atoms with E-state index in [1.54, 1.807) is 0 Å². The van der Waals surface area contributed by atoms with Crippen LogP contribution in [0.1, 0.15) is 40.0 Å². The first-order chi connectivity index (χ1) is 9.41. The van der Waals surface area contributed by atoms with E-state index >= 15 is 0 Å². The number of ether oxygens (including phenoxy) is 2. The lowest BCUT2D eigenvalue weighted by Crippen LogP contribution is -2.53. The minimum atomic E-state index is -1.20. The van der Waals surface area contributed by atoms with Crippen molar-refractivity contribution in [1.29, 1.82) is 0 Å². The highest BCUT2D eigenvalue weighted by Crippen LogP contribution is 2.18. The fraction of sp³-hybridized carbons (Fsp3) is 0.867. The lowest BCUT2D eigenvalue weighted by Gasteiger charge is -2.35.